The summed E-state index contributed by atoms with van der Waals surface area (Å²) in [6, 6.07) is 4.56. The van der Waals surface area contributed by atoms with Crippen LogP contribution in [0.4, 0.5) is 23.7 Å². The van der Waals surface area contributed by atoms with E-state index in [-0.39, 0.29) is 34.9 Å². The highest BCUT2D eigenvalue weighted by atomic mass is 32.2. The van der Waals surface area contributed by atoms with E-state index in [4.69, 9.17) is 5.11 Å². The number of anilines is 1. The van der Waals surface area contributed by atoms with Crippen molar-refractivity contribution in [2.45, 2.75) is 28.8 Å². The van der Waals surface area contributed by atoms with Gasteiger partial charge in [0, 0.05) is 11.5 Å². The van der Waals surface area contributed by atoms with Crippen molar-refractivity contribution in [1.82, 2.24) is 5.32 Å². The molecule has 1 aliphatic carbocycles. The van der Waals surface area contributed by atoms with Crippen LogP contribution in [-0.4, -0.2) is 34.7 Å². The summed E-state index contributed by atoms with van der Waals surface area (Å²) < 4.78 is 37.4. The van der Waals surface area contributed by atoms with Crippen LogP contribution >= 0.6 is 11.8 Å². The number of imide groups is 1. The number of urea groups is 1. The van der Waals surface area contributed by atoms with Crippen LogP contribution < -0.4 is 10.2 Å². The van der Waals surface area contributed by atoms with Crippen LogP contribution in [0.25, 0.3) is 0 Å². The zero-order valence-corrected chi connectivity index (χ0v) is 12.6. The van der Waals surface area contributed by atoms with Crippen molar-refractivity contribution >= 4 is 29.4 Å². The summed E-state index contributed by atoms with van der Waals surface area (Å²) in [5.74, 6) is -0.535. The maximum atomic E-state index is 12.5. The molecule has 1 saturated carbocycles. The molecule has 2 fully saturated rings. The Bertz CT molecular complexity index is 659. The van der Waals surface area contributed by atoms with E-state index in [0.717, 1.165) is 11.0 Å². The number of benzene rings is 1. The molecular weight excluding hydrogens is 333 g/mol. The van der Waals surface area contributed by atoms with E-state index in [1.54, 1.807) is 0 Å². The van der Waals surface area contributed by atoms with E-state index in [2.05, 4.69) is 5.32 Å². The average molecular weight is 346 g/mol. The monoisotopic (exact) mass is 346 g/mol. The Balaban J connectivity index is 1.83. The number of hydrogen-bond donors (Lipinski definition) is 2. The van der Waals surface area contributed by atoms with Crippen LogP contribution in [0.15, 0.2) is 29.2 Å². The van der Waals surface area contributed by atoms with Gasteiger partial charge in [-0.25, -0.2) is 9.69 Å². The number of nitrogens with zero attached hydrogens (tertiary/aromatic N) is 1. The van der Waals surface area contributed by atoms with Crippen molar-refractivity contribution in [2.75, 3.05) is 11.5 Å². The van der Waals surface area contributed by atoms with Gasteiger partial charge < -0.3 is 10.4 Å². The predicted octanol–water partition coefficient (Wildman–Crippen LogP) is 2.50. The van der Waals surface area contributed by atoms with Crippen LogP contribution in [-0.2, 0) is 4.79 Å². The van der Waals surface area contributed by atoms with Crippen molar-refractivity contribution in [3.63, 3.8) is 0 Å². The molecule has 0 unspecified atom stereocenters. The third-order valence-electron chi connectivity index (χ3n) is 4.00. The van der Waals surface area contributed by atoms with Crippen molar-refractivity contribution in [3.8, 4) is 0 Å². The van der Waals surface area contributed by atoms with Gasteiger partial charge in [0.25, 0.3) is 5.91 Å². The number of aliphatic hydroxyl groups excluding tert-OH is 1. The summed E-state index contributed by atoms with van der Waals surface area (Å²) in [4.78, 5) is 25.4. The first-order valence-corrected chi connectivity index (χ1v) is 7.69. The number of amides is 3. The largest absolute Gasteiger partial charge is 0.446 e. The van der Waals surface area contributed by atoms with Crippen LogP contribution in [0.3, 0.4) is 0 Å². The molecule has 9 heteroatoms. The molecule has 5 nitrogen and oxygen atoms in total. The Hall–Kier alpha value is -1.74. The molecule has 0 atom stereocenters. The summed E-state index contributed by atoms with van der Waals surface area (Å²) in [5, 5.41) is 11.7. The number of carbonyl (C=O) groups excluding carboxylic acids is 2. The highest BCUT2D eigenvalue weighted by Crippen LogP contribution is 2.44. The molecule has 1 heterocycles. The number of carbonyl (C=O) groups is 2. The molecule has 2 aliphatic rings. The lowest BCUT2D eigenvalue weighted by Crippen LogP contribution is -2.57. The minimum Gasteiger partial charge on any atom is -0.396 e. The molecule has 1 aromatic carbocycles. The van der Waals surface area contributed by atoms with Crippen LogP contribution in [0, 0.1) is 5.92 Å². The quantitative estimate of drug-likeness (QED) is 0.652. The molecule has 124 valence electrons. The molecule has 0 bridgehead atoms. The minimum absolute atomic E-state index is 0.0497. The summed E-state index contributed by atoms with van der Waals surface area (Å²) in [5.41, 5.74) is -5.37. The van der Waals surface area contributed by atoms with E-state index in [9.17, 15) is 22.8 Å². The van der Waals surface area contributed by atoms with Gasteiger partial charge in [0.05, 0.1) is 5.69 Å². The van der Waals surface area contributed by atoms with E-state index in [1.807, 2.05) is 0 Å². The Morgan fingerprint density at radius 2 is 2.04 bits per heavy atom. The second-order valence-electron chi connectivity index (χ2n) is 5.65. The lowest BCUT2D eigenvalue weighted by Gasteiger charge is -2.41. The van der Waals surface area contributed by atoms with Gasteiger partial charge in [-0.3, -0.25) is 4.79 Å². The number of aliphatic hydroxyl groups is 1. The highest BCUT2D eigenvalue weighted by Gasteiger charge is 2.58. The van der Waals surface area contributed by atoms with Crippen LogP contribution in [0.5, 0.6) is 0 Å². The lowest BCUT2D eigenvalue weighted by molar-refractivity contribution is -0.127. The van der Waals surface area contributed by atoms with Crippen LogP contribution in [0.2, 0.25) is 0 Å². The molecule has 0 radical (unpaired) electrons. The predicted molar refractivity (Wildman–Crippen MR) is 76.9 cm³/mol. The van der Waals surface area contributed by atoms with Crippen molar-refractivity contribution < 1.29 is 27.9 Å². The molecule has 0 aromatic heterocycles. The first-order chi connectivity index (χ1) is 10.7. The Morgan fingerprint density at radius 1 is 1.35 bits per heavy atom. The molecule has 2 N–H and O–H groups in total. The molecule has 1 spiro atoms. The topological polar surface area (TPSA) is 69.6 Å². The van der Waals surface area contributed by atoms with Gasteiger partial charge in [-0.05, 0) is 48.7 Å². The van der Waals surface area contributed by atoms with Gasteiger partial charge in [0.2, 0.25) is 0 Å². The SMILES string of the molecule is O=C1NC2(CC(CO)C2)C(=O)N1c1cccc(SC(F)(F)F)c1. The average Bonchev–Trinajstić information content (AvgIpc) is 2.66. The first-order valence-electron chi connectivity index (χ1n) is 6.87. The van der Waals surface area contributed by atoms with Gasteiger partial charge in [-0.2, -0.15) is 13.2 Å². The van der Waals surface area contributed by atoms with Gasteiger partial charge in [-0.1, -0.05) is 6.07 Å². The molecular formula is C14H13F3N2O3S. The summed E-state index contributed by atoms with van der Waals surface area (Å²) >= 11 is -0.303. The van der Waals surface area contributed by atoms with E-state index >= 15 is 0 Å². The number of hydrogen-bond acceptors (Lipinski definition) is 4. The van der Waals surface area contributed by atoms with Gasteiger partial charge in [0.1, 0.15) is 5.54 Å². The zero-order chi connectivity index (χ0) is 16.8. The number of thioether (sulfide) groups is 1. The third kappa shape index (κ3) is 2.90. The zero-order valence-electron chi connectivity index (χ0n) is 11.8. The Kier molecular flexibility index (Phi) is 3.80. The maximum Gasteiger partial charge on any atom is 0.446 e. The summed E-state index contributed by atoms with van der Waals surface area (Å²) in [6.07, 6.45) is 0.670. The number of halogens is 3. The van der Waals surface area contributed by atoms with E-state index in [0.29, 0.717) is 12.8 Å². The molecule has 3 rings (SSSR count). The normalized spacial score (nSPS) is 27.3. The molecule has 1 aliphatic heterocycles. The standard InChI is InChI=1S/C14H13F3N2O3S/c15-14(16,17)23-10-3-1-2-9(4-10)19-11(21)13(18-12(19)22)5-8(6-13)7-20/h1-4,8,20H,5-7H2,(H,18,22). The molecule has 3 amide bonds. The van der Waals surface area contributed by atoms with Crippen LogP contribution in [0.1, 0.15) is 12.8 Å². The molecule has 23 heavy (non-hydrogen) atoms. The fourth-order valence-corrected chi connectivity index (χ4v) is 3.60. The highest BCUT2D eigenvalue weighted by molar-refractivity contribution is 8.00. The van der Waals surface area contributed by atoms with Gasteiger partial charge in [0.15, 0.2) is 0 Å². The molecule has 1 aromatic rings. The maximum absolute atomic E-state index is 12.5. The third-order valence-corrected chi connectivity index (χ3v) is 4.72. The van der Waals surface area contributed by atoms with Crippen molar-refractivity contribution in [1.29, 1.82) is 0 Å². The number of alkyl halides is 3. The second-order valence-corrected chi connectivity index (χ2v) is 6.79. The Labute approximate surface area is 133 Å². The number of rotatable bonds is 3. The van der Waals surface area contributed by atoms with Gasteiger partial charge >= 0.3 is 11.5 Å². The van der Waals surface area contributed by atoms with Crippen molar-refractivity contribution in [2.24, 2.45) is 5.92 Å². The second kappa shape index (κ2) is 5.41. The minimum atomic E-state index is -4.44. The molecule has 1 saturated heterocycles. The van der Waals surface area contributed by atoms with Gasteiger partial charge in [-0.15, -0.1) is 0 Å². The number of nitrogens with one attached hydrogen (secondary N) is 1. The van der Waals surface area contributed by atoms with Crippen molar-refractivity contribution in [3.05, 3.63) is 24.3 Å². The lowest BCUT2D eigenvalue weighted by atomic mass is 9.68. The van der Waals surface area contributed by atoms with E-state index < -0.39 is 23.0 Å². The fraction of sp³-hybridized carbons (Fsp3) is 0.429. The Morgan fingerprint density at radius 3 is 2.65 bits per heavy atom. The fourth-order valence-electron chi connectivity index (χ4n) is 3.01. The summed E-state index contributed by atoms with van der Waals surface area (Å²) in [7, 11) is 0. The smallest absolute Gasteiger partial charge is 0.396 e. The summed E-state index contributed by atoms with van der Waals surface area (Å²) in [6.45, 7) is -0.0669. The van der Waals surface area contributed by atoms with E-state index in [1.165, 1.54) is 18.2 Å². The first kappa shape index (κ1) is 16.1.